The van der Waals surface area contributed by atoms with Crippen molar-refractivity contribution >= 4 is 11.6 Å². The maximum atomic E-state index is 6.11. The second-order valence-electron chi connectivity index (χ2n) is 5.16. The number of halogens is 1. The molecule has 1 fully saturated rings. The highest BCUT2D eigenvalue weighted by Crippen LogP contribution is 2.23. The van der Waals surface area contributed by atoms with E-state index in [9.17, 15) is 0 Å². The molecule has 1 aliphatic rings. The number of likely N-dealkylation sites (tertiary alicyclic amines) is 1. The molecule has 19 heavy (non-hydrogen) atoms. The average molecular weight is 284 g/mol. The molecular formula is C14H22ClN3O. The summed E-state index contributed by atoms with van der Waals surface area (Å²) in [7, 11) is 2.16. The number of ether oxygens (including phenoxy) is 1. The first-order valence-electron chi connectivity index (χ1n) is 6.98. The van der Waals surface area contributed by atoms with E-state index in [4.69, 9.17) is 16.3 Å². The molecule has 0 aromatic carbocycles. The molecule has 1 aliphatic heterocycles. The molecule has 1 aromatic heterocycles. The second kappa shape index (κ2) is 6.53. The molecule has 0 bridgehead atoms. The van der Waals surface area contributed by atoms with Gasteiger partial charge >= 0.3 is 0 Å². The Bertz CT molecular complexity index is 439. The van der Waals surface area contributed by atoms with E-state index in [2.05, 4.69) is 21.9 Å². The zero-order valence-electron chi connectivity index (χ0n) is 11.9. The molecule has 0 spiro atoms. The lowest BCUT2D eigenvalue weighted by Gasteiger charge is -2.32. The third-order valence-corrected chi connectivity index (χ3v) is 4.11. The van der Waals surface area contributed by atoms with Crippen molar-refractivity contribution in [3.05, 3.63) is 16.5 Å². The molecule has 0 aliphatic carbocycles. The highest BCUT2D eigenvalue weighted by atomic mass is 35.5. The van der Waals surface area contributed by atoms with Crippen LogP contribution in [0.15, 0.2) is 0 Å². The fourth-order valence-corrected chi connectivity index (χ4v) is 2.52. The maximum absolute atomic E-state index is 6.11. The van der Waals surface area contributed by atoms with Crippen molar-refractivity contribution in [2.24, 2.45) is 0 Å². The van der Waals surface area contributed by atoms with Gasteiger partial charge in [0.05, 0.1) is 0 Å². The standard InChI is InChI=1S/C14H22ClN3O/c1-4-12-16-13(15)10(2)14(17-12)19-9-11-7-5-6-8-18(11)3/h11H,4-9H2,1-3H3. The molecule has 2 heterocycles. The van der Waals surface area contributed by atoms with Crippen LogP contribution >= 0.6 is 11.6 Å². The molecule has 5 heteroatoms. The summed E-state index contributed by atoms with van der Waals surface area (Å²) in [5, 5.41) is 0.499. The Hall–Kier alpha value is -0.870. The van der Waals surface area contributed by atoms with E-state index in [0.29, 0.717) is 23.7 Å². The van der Waals surface area contributed by atoms with Gasteiger partial charge in [-0.25, -0.2) is 4.98 Å². The SMILES string of the molecule is CCc1nc(Cl)c(C)c(OCC2CCCCN2C)n1. The van der Waals surface area contributed by atoms with Crippen LogP contribution in [0, 0.1) is 6.92 Å². The molecule has 1 aromatic rings. The Morgan fingerprint density at radius 2 is 2.16 bits per heavy atom. The highest BCUT2D eigenvalue weighted by molar-refractivity contribution is 6.30. The Labute approximate surface area is 120 Å². The predicted molar refractivity (Wildman–Crippen MR) is 76.9 cm³/mol. The quantitative estimate of drug-likeness (QED) is 0.797. The van der Waals surface area contributed by atoms with Gasteiger partial charge in [-0.15, -0.1) is 0 Å². The summed E-state index contributed by atoms with van der Waals surface area (Å²) in [6.45, 7) is 5.74. The molecule has 106 valence electrons. The number of aromatic nitrogens is 2. The summed E-state index contributed by atoms with van der Waals surface area (Å²) in [4.78, 5) is 11.0. The van der Waals surface area contributed by atoms with Gasteiger partial charge in [0.15, 0.2) is 0 Å². The number of hydrogen-bond donors (Lipinski definition) is 0. The number of rotatable bonds is 4. The largest absolute Gasteiger partial charge is 0.476 e. The topological polar surface area (TPSA) is 38.2 Å². The summed E-state index contributed by atoms with van der Waals surface area (Å²) in [6, 6.07) is 0.479. The fraction of sp³-hybridized carbons (Fsp3) is 0.714. The molecule has 1 atom stereocenters. The van der Waals surface area contributed by atoms with Crippen molar-refractivity contribution in [1.29, 1.82) is 0 Å². The Kier molecular flexibility index (Phi) is 4.99. The Morgan fingerprint density at radius 1 is 1.37 bits per heavy atom. The highest BCUT2D eigenvalue weighted by Gasteiger charge is 2.20. The van der Waals surface area contributed by atoms with Crippen molar-refractivity contribution in [3.63, 3.8) is 0 Å². The molecule has 1 unspecified atom stereocenters. The Morgan fingerprint density at radius 3 is 2.84 bits per heavy atom. The average Bonchev–Trinajstić information content (AvgIpc) is 2.42. The molecule has 0 N–H and O–H groups in total. The van der Waals surface area contributed by atoms with E-state index in [1.807, 2.05) is 13.8 Å². The van der Waals surface area contributed by atoms with E-state index in [0.717, 1.165) is 24.4 Å². The summed E-state index contributed by atoms with van der Waals surface area (Å²) in [6.07, 6.45) is 4.52. The van der Waals surface area contributed by atoms with Gasteiger partial charge < -0.3 is 9.64 Å². The second-order valence-corrected chi connectivity index (χ2v) is 5.51. The van der Waals surface area contributed by atoms with Crippen LogP contribution in [-0.4, -0.2) is 41.1 Å². The van der Waals surface area contributed by atoms with Crippen LogP contribution in [0.2, 0.25) is 5.15 Å². The molecule has 0 radical (unpaired) electrons. The van der Waals surface area contributed by atoms with Crippen molar-refractivity contribution in [3.8, 4) is 5.88 Å². The normalized spacial score (nSPS) is 20.5. The van der Waals surface area contributed by atoms with Crippen molar-refractivity contribution in [2.75, 3.05) is 20.2 Å². The van der Waals surface area contributed by atoms with Crippen molar-refractivity contribution in [1.82, 2.24) is 14.9 Å². The van der Waals surface area contributed by atoms with Crippen LogP contribution in [0.25, 0.3) is 0 Å². The Balaban J connectivity index is 2.04. The third kappa shape index (κ3) is 3.57. The molecule has 0 amide bonds. The first-order valence-corrected chi connectivity index (χ1v) is 7.35. The zero-order chi connectivity index (χ0) is 13.8. The lowest BCUT2D eigenvalue weighted by molar-refractivity contribution is 0.122. The number of likely N-dealkylation sites (N-methyl/N-ethyl adjacent to an activating group) is 1. The first kappa shape index (κ1) is 14.5. The maximum Gasteiger partial charge on any atom is 0.221 e. The molecular weight excluding hydrogens is 262 g/mol. The van der Waals surface area contributed by atoms with Crippen LogP contribution in [0.5, 0.6) is 5.88 Å². The van der Waals surface area contributed by atoms with Crippen LogP contribution in [-0.2, 0) is 6.42 Å². The van der Waals surface area contributed by atoms with Crippen LogP contribution in [0.4, 0.5) is 0 Å². The summed E-state index contributed by atoms with van der Waals surface area (Å²) in [5.41, 5.74) is 0.831. The van der Waals surface area contributed by atoms with Gasteiger partial charge in [-0.3, -0.25) is 0 Å². The first-order chi connectivity index (χ1) is 9.11. The molecule has 1 saturated heterocycles. The van der Waals surface area contributed by atoms with Gasteiger partial charge in [0.2, 0.25) is 5.88 Å². The smallest absolute Gasteiger partial charge is 0.221 e. The van der Waals surface area contributed by atoms with Gasteiger partial charge in [0, 0.05) is 18.0 Å². The van der Waals surface area contributed by atoms with Gasteiger partial charge in [0.1, 0.15) is 17.6 Å². The fourth-order valence-electron chi connectivity index (χ4n) is 2.34. The van der Waals surface area contributed by atoms with Gasteiger partial charge in [0.25, 0.3) is 0 Å². The third-order valence-electron chi connectivity index (χ3n) is 3.74. The van der Waals surface area contributed by atoms with E-state index in [1.165, 1.54) is 19.3 Å². The van der Waals surface area contributed by atoms with Crippen molar-refractivity contribution in [2.45, 2.75) is 45.6 Å². The van der Waals surface area contributed by atoms with Crippen LogP contribution in [0.1, 0.15) is 37.6 Å². The van der Waals surface area contributed by atoms with E-state index >= 15 is 0 Å². The van der Waals surface area contributed by atoms with Gasteiger partial charge in [-0.1, -0.05) is 24.9 Å². The molecule has 2 rings (SSSR count). The minimum absolute atomic E-state index is 0.479. The summed E-state index contributed by atoms with van der Waals surface area (Å²) < 4.78 is 5.89. The monoisotopic (exact) mass is 283 g/mol. The number of aryl methyl sites for hydroxylation is 1. The number of hydrogen-bond acceptors (Lipinski definition) is 4. The van der Waals surface area contributed by atoms with Crippen LogP contribution in [0.3, 0.4) is 0 Å². The van der Waals surface area contributed by atoms with E-state index in [1.54, 1.807) is 0 Å². The van der Waals surface area contributed by atoms with Gasteiger partial charge in [-0.05, 0) is 33.4 Å². The minimum Gasteiger partial charge on any atom is -0.476 e. The van der Waals surface area contributed by atoms with Crippen molar-refractivity contribution < 1.29 is 4.74 Å². The van der Waals surface area contributed by atoms with E-state index < -0.39 is 0 Å². The predicted octanol–water partition coefficient (Wildman–Crippen LogP) is 2.86. The van der Waals surface area contributed by atoms with E-state index in [-0.39, 0.29) is 0 Å². The van der Waals surface area contributed by atoms with Gasteiger partial charge in [-0.2, -0.15) is 4.98 Å². The zero-order valence-corrected chi connectivity index (χ0v) is 12.7. The van der Waals surface area contributed by atoms with Crippen LogP contribution < -0.4 is 4.74 Å². The lowest BCUT2D eigenvalue weighted by Crippen LogP contribution is -2.40. The molecule has 4 nitrogen and oxygen atoms in total. The number of nitrogens with zero attached hydrogens (tertiary/aromatic N) is 3. The summed E-state index contributed by atoms with van der Waals surface area (Å²) in [5.74, 6) is 1.37. The number of piperidine rings is 1. The molecule has 0 saturated carbocycles. The minimum atomic E-state index is 0.479. The summed E-state index contributed by atoms with van der Waals surface area (Å²) >= 11 is 6.11. The lowest BCUT2D eigenvalue weighted by atomic mass is 10.0.